The van der Waals surface area contributed by atoms with Crippen molar-refractivity contribution in [1.29, 1.82) is 0 Å². The summed E-state index contributed by atoms with van der Waals surface area (Å²) in [5.41, 5.74) is 0. The molecule has 1 rings (SSSR count). The molecule has 0 aromatic carbocycles. The van der Waals surface area contributed by atoms with Gasteiger partial charge in [-0.25, -0.2) is 0 Å². The van der Waals surface area contributed by atoms with Crippen LogP contribution in [0.25, 0.3) is 0 Å². The Balaban J connectivity index is 2.43. The van der Waals surface area contributed by atoms with Crippen LogP contribution in [0.2, 0.25) is 0 Å². The quantitative estimate of drug-likeness (QED) is 0.681. The number of nitrogens with zero attached hydrogens (tertiary/aromatic N) is 1. The van der Waals surface area contributed by atoms with Crippen molar-refractivity contribution in [2.24, 2.45) is 5.92 Å². The second-order valence-electron chi connectivity index (χ2n) is 2.95. The minimum atomic E-state index is -0.501. The van der Waals surface area contributed by atoms with E-state index in [1.54, 1.807) is 0 Å². The van der Waals surface area contributed by atoms with Gasteiger partial charge in [-0.05, 0) is 20.0 Å². The van der Waals surface area contributed by atoms with Gasteiger partial charge in [-0.15, -0.1) is 11.6 Å². The Bertz CT molecular complexity index is 163. The highest BCUT2D eigenvalue weighted by molar-refractivity contribution is 9.10. The molecule has 1 aliphatic rings. The molecule has 2 unspecified atom stereocenters. The van der Waals surface area contributed by atoms with Gasteiger partial charge in [0.15, 0.2) is 5.78 Å². The lowest BCUT2D eigenvalue weighted by atomic mass is 10.1. The zero-order valence-corrected chi connectivity index (χ0v) is 8.73. The third kappa shape index (κ3) is 2.42. The molecule has 4 heteroatoms. The highest BCUT2D eigenvalue weighted by Gasteiger charge is 2.28. The first kappa shape index (κ1) is 9.49. The number of ketones is 1. The number of carbonyl (C=O) groups is 1. The molecule has 0 bridgehead atoms. The van der Waals surface area contributed by atoms with E-state index in [9.17, 15) is 4.79 Å². The zero-order chi connectivity index (χ0) is 8.43. The predicted octanol–water partition coefficient (Wildman–Crippen LogP) is 1.47. The van der Waals surface area contributed by atoms with Crippen LogP contribution in [0.1, 0.15) is 6.42 Å². The summed E-state index contributed by atoms with van der Waals surface area (Å²) in [6.45, 7) is 1.86. The Morgan fingerprint density at radius 1 is 1.82 bits per heavy atom. The summed E-state index contributed by atoms with van der Waals surface area (Å²) in [5.74, 6) is 0.262. The summed E-state index contributed by atoms with van der Waals surface area (Å²) >= 11 is 8.67. The van der Waals surface area contributed by atoms with Crippen LogP contribution < -0.4 is 0 Å². The number of hydrogen-bond acceptors (Lipinski definition) is 2. The van der Waals surface area contributed by atoms with Crippen LogP contribution >= 0.6 is 27.5 Å². The van der Waals surface area contributed by atoms with Gasteiger partial charge in [0.1, 0.15) is 4.29 Å². The largest absolute Gasteiger partial charge is 0.306 e. The van der Waals surface area contributed by atoms with Gasteiger partial charge in [0, 0.05) is 12.5 Å². The summed E-state index contributed by atoms with van der Waals surface area (Å²) in [6.07, 6.45) is 0.949. The molecular weight excluding hydrogens is 229 g/mol. The first-order valence-electron chi connectivity index (χ1n) is 3.61. The first-order valence-corrected chi connectivity index (χ1v) is 4.97. The second kappa shape index (κ2) is 3.87. The lowest BCUT2D eigenvalue weighted by Crippen LogP contribution is -2.23. The molecular formula is C7H11BrClNO. The van der Waals surface area contributed by atoms with Crippen LogP contribution in [0.15, 0.2) is 0 Å². The van der Waals surface area contributed by atoms with E-state index in [0.717, 1.165) is 19.5 Å². The third-order valence-corrected chi connectivity index (χ3v) is 2.68. The fourth-order valence-electron chi connectivity index (χ4n) is 1.35. The molecule has 0 N–H and O–H groups in total. The number of hydrogen-bond donors (Lipinski definition) is 0. The van der Waals surface area contributed by atoms with E-state index in [1.165, 1.54) is 0 Å². The van der Waals surface area contributed by atoms with Gasteiger partial charge in [0.05, 0.1) is 0 Å². The predicted molar refractivity (Wildman–Crippen MR) is 49.2 cm³/mol. The van der Waals surface area contributed by atoms with Crippen molar-refractivity contribution in [2.45, 2.75) is 10.7 Å². The molecule has 0 aromatic rings. The Kier molecular flexibility index (Phi) is 3.34. The monoisotopic (exact) mass is 239 g/mol. The van der Waals surface area contributed by atoms with Crippen LogP contribution in [0.3, 0.4) is 0 Å². The molecule has 1 fully saturated rings. The van der Waals surface area contributed by atoms with Gasteiger partial charge >= 0.3 is 0 Å². The number of carbonyl (C=O) groups excluding carboxylic acids is 1. The highest BCUT2D eigenvalue weighted by atomic mass is 79.9. The van der Waals surface area contributed by atoms with E-state index >= 15 is 0 Å². The fourth-order valence-corrected chi connectivity index (χ4v) is 1.90. The van der Waals surface area contributed by atoms with Crippen LogP contribution in [-0.4, -0.2) is 35.1 Å². The van der Waals surface area contributed by atoms with Crippen LogP contribution in [0.4, 0.5) is 0 Å². The zero-order valence-electron chi connectivity index (χ0n) is 6.39. The van der Waals surface area contributed by atoms with E-state index in [4.69, 9.17) is 11.6 Å². The number of likely N-dealkylation sites (tertiary alicyclic amines) is 1. The van der Waals surface area contributed by atoms with Crippen molar-refractivity contribution in [1.82, 2.24) is 4.90 Å². The molecule has 0 amide bonds. The van der Waals surface area contributed by atoms with Crippen molar-refractivity contribution in [2.75, 3.05) is 20.1 Å². The van der Waals surface area contributed by atoms with Crippen molar-refractivity contribution >= 4 is 33.3 Å². The average molecular weight is 241 g/mol. The van der Waals surface area contributed by atoms with Gasteiger partial charge in [0.25, 0.3) is 0 Å². The number of Topliss-reactive ketones (excluding diaryl/α,β-unsaturated/α-hetero) is 1. The molecule has 64 valence electrons. The molecule has 0 spiro atoms. The van der Waals surface area contributed by atoms with Crippen molar-refractivity contribution in [3.8, 4) is 0 Å². The summed E-state index contributed by atoms with van der Waals surface area (Å²) in [6, 6.07) is 0. The SMILES string of the molecule is CN1CCC(C(=O)C(Cl)Br)C1. The van der Waals surface area contributed by atoms with Crippen molar-refractivity contribution in [3.63, 3.8) is 0 Å². The van der Waals surface area contributed by atoms with Crippen LogP contribution in [0, 0.1) is 5.92 Å². The summed E-state index contributed by atoms with van der Waals surface area (Å²) in [5, 5.41) is 0. The highest BCUT2D eigenvalue weighted by Crippen LogP contribution is 2.21. The Labute approximate surface area is 80.0 Å². The Morgan fingerprint density at radius 3 is 2.82 bits per heavy atom. The third-order valence-electron chi connectivity index (χ3n) is 2.01. The van der Waals surface area contributed by atoms with Gasteiger partial charge in [-0.3, -0.25) is 4.79 Å². The molecule has 2 nitrogen and oxygen atoms in total. The van der Waals surface area contributed by atoms with Gasteiger partial charge in [0.2, 0.25) is 0 Å². The topological polar surface area (TPSA) is 20.3 Å². The summed E-state index contributed by atoms with van der Waals surface area (Å²) in [4.78, 5) is 13.4. The van der Waals surface area contributed by atoms with Crippen LogP contribution in [-0.2, 0) is 4.79 Å². The molecule has 1 saturated heterocycles. The molecule has 0 radical (unpaired) electrons. The summed E-state index contributed by atoms with van der Waals surface area (Å²) < 4.78 is -0.501. The number of alkyl halides is 2. The fraction of sp³-hybridized carbons (Fsp3) is 0.857. The standard InChI is InChI=1S/C7H11BrClNO/c1-10-3-2-5(4-10)6(11)7(8)9/h5,7H,2-4H2,1H3. The lowest BCUT2D eigenvalue weighted by Gasteiger charge is -2.09. The van der Waals surface area contributed by atoms with Gasteiger partial charge < -0.3 is 4.90 Å². The molecule has 0 saturated carbocycles. The second-order valence-corrected chi connectivity index (χ2v) is 4.83. The average Bonchev–Trinajstić information content (AvgIpc) is 2.34. The molecule has 1 heterocycles. The van der Waals surface area contributed by atoms with Crippen molar-refractivity contribution < 1.29 is 4.79 Å². The molecule has 11 heavy (non-hydrogen) atoms. The van der Waals surface area contributed by atoms with E-state index in [1.807, 2.05) is 7.05 Å². The van der Waals surface area contributed by atoms with E-state index in [2.05, 4.69) is 20.8 Å². The van der Waals surface area contributed by atoms with E-state index in [0.29, 0.717) is 0 Å². The van der Waals surface area contributed by atoms with E-state index in [-0.39, 0.29) is 11.7 Å². The molecule has 1 aliphatic heterocycles. The maximum absolute atomic E-state index is 11.3. The Morgan fingerprint density at radius 2 is 2.45 bits per heavy atom. The summed E-state index contributed by atoms with van der Waals surface area (Å²) in [7, 11) is 2.02. The smallest absolute Gasteiger partial charge is 0.165 e. The van der Waals surface area contributed by atoms with Gasteiger partial charge in [-0.1, -0.05) is 15.9 Å². The van der Waals surface area contributed by atoms with Gasteiger partial charge in [-0.2, -0.15) is 0 Å². The lowest BCUT2D eigenvalue weighted by molar-refractivity contribution is -0.120. The van der Waals surface area contributed by atoms with Crippen LogP contribution in [0.5, 0.6) is 0 Å². The number of rotatable bonds is 2. The molecule has 0 aliphatic carbocycles. The van der Waals surface area contributed by atoms with E-state index < -0.39 is 4.29 Å². The van der Waals surface area contributed by atoms with Crippen molar-refractivity contribution in [3.05, 3.63) is 0 Å². The minimum Gasteiger partial charge on any atom is -0.306 e. The molecule has 0 aromatic heterocycles. The minimum absolute atomic E-state index is 0.121. The normalized spacial score (nSPS) is 28.8. The first-order chi connectivity index (χ1) is 5.11. The maximum Gasteiger partial charge on any atom is 0.165 e. The molecule has 2 atom stereocenters. The Hall–Kier alpha value is 0.400. The maximum atomic E-state index is 11.3. The number of halogens is 2.